The van der Waals surface area contributed by atoms with Gasteiger partial charge in [-0.3, -0.25) is 9.59 Å². The van der Waals surface area contributed by atoms with Crippen molar-refractivity contribution in [2.45, 2.75) is 13.3 Å². The van der Waals surface area contributed by atoms with Gasteiger partial charge in [0.2, 0.25) is 5.91 Å². The summed E-state index contributed by atoms with van der Waals surface area (Å²) in [4.78, 5) is 31.5. The third-order valence-electron chi connectivity index (χ3n) is 4.55. The lowest BCUT2D eigenvalue weighted by atomic mass is 10.1. The first kappa shape index (κ1) is 19.3. The van der Waals surface area contributed by atoms with Gasteiger partial charge in [-0.05, 0) is 48.0 Å². The van der Waals surface area contributed by atoms with Crippen molar-refractivity contribution < 1.29 is 14.0 Å². The predicted molar refractivity (Wildman–Crippen MR) is 114 cm³/mol. The number of hydrogen-bond donors (Lipinski definition) is 3. The molecule has 0 unspecified atom stereocenters. The van der Waals surface area contributed by atoms with Crippen molar-refractivity contribution >= 4 is 34.2 Å². The Balaban J connectivity index is 1.52. The molecule has 0 aliphatic heterocycles. The molecule has 4 rings (SSSR count). The molecule has 0 bridgehead atoms. The summed E-state index contributed by atoms with van der Waals surface area (Å²) in [5.74, 6) is -0.134. The van der Waals surface area contributed by atoms with Crippen molar-refractivity contribution in [3.8, 4) is 0 Å². The summed E-state index contributed by atoms with van der Waals surface area (Å²) < 4.78 is 13.9. The van der Waals surface area contributed by atoms with Gasteiger partial charge in [0.15, 0.2) is 0 Å². The van der Waals surface area contributed by atoms with Crippen LogP contribution in [0.1, 0.15) is 28.7 Å². The molecule has 0 saturated carbocycles. The highest BCUT2D eigenvalue weighted by molar-refractivity contribution is 6.06. The number of carbonyl (C=O) groups excluding carboxylic acids is 2. The maximum atomic E-state index is 13.9. The van der Waals surface area contributed by atoms with Gasteiger partial charge < -0.3 is 15.6 Å². The number of halogens is 1. The molecule has 0 aliphatic carbocycles. The molecule has 7 heteroatoms. The van der Waals surface area contributed by atoms with Crippen molar-refractivity contribution in [1.82, 2.24) is 9.97 Å². The van der Waals surface area contributed by atoms with Crippen LogP contribution in [0.25, 0.3) is 11.0 Å². The molecule has 0 atom stereocenters. The van der Waals surface area contributed by atoms with Crippen LogP contribution in [0.15, 0.2) is 66.7 Å². The van der Waals surface area contributed by atoms with Crippen molar-refractivity contribution in [2.75, 3.05) is 10.6 Å². The van der Waals surface area contributed by atoms with E-state index < -0.39 is 0 Å². The van der Waals surface area contributed by atoms with Crippen LogP contribution in [0.2, 0.25) is 0 Å². The van der Waals surface area contributed by atoms with Gasteiger partial charge in [0.1, 0.15) is 11.6 Å². The number of fused-ring (bicyclic) bond motifs is 1. The van der Waals surface area contributed by atoms with Gasteiger partial charge in [-0.1, -0.05) is 24.3 Å². The van der Waals surface area contributed by atoms with Gasteiger partial charge in [0, 0.05) is 30.3 Å². The highest BCUT2D eigenvalue weighted by Gasteiger charge is 2.10. The topological polar surface area (TPSA) is 86.9 Å². The van der Waals surface area contributed by atoms with Crippen LogP contribution in [0.3, 0.4) is 0 Å². The second-order valence-corrected chi connectivity index (χ2v) is 6.90. The minimum absolute atomic E-state index is 0.205. The number of amides is 2. The van der Waals surface area contributed by atoms with Crippen LogP contribution in [0.4, 0.5) is 15.8 Å². The normalized spacial score (nSPS) is 10.7. The number of hydrogen-bond acceptors (Lipinski definition) is 3. The molecule has 1 heterocycles. The number of imidazole rings is 1. The number of rotatable bonds is 5. The number of anilines is 2. The summed E-state index contributed by atoms with van der Waals surface area (Å²) in [6.45, 7) is 1.41. The molecule has 4 aromatic rings. The second-order valence-electron chi connectivity index (χ2n) is 6.90. The lowest BCUT2D eigenvalue weighted by Crippen LogP contribution is -2.13. The van der Waals surface area contributed by atoms with E-state index in [1.54, 1.807) is 60.7 Å². The molecule has 3 N–H and O–H groups in total. The van der Waals surface area contributed by atoms with E-state index in [1.165, 1.54) is 13.0 Å². The largest absolute Gasteiger partial charge is 0.342 e. The van der Waals surface area contributed by atoms with Crippen LogP contribution < -0.4 is 10.6 Å². The summed E-state index contributed by atoms with van der Waals surface area (Å²) in [5.41, 5.74) is 3.60. The summed E-state index contributed by atoms with van der Waals surface area (Å²) in [5, 5.41) is 5.50. The van der Waals surface area contributed by atoms with E-state index >= 15 is 0 Å². The molecule has 1 aromatic heterocycles. The first-order valence-corrected chi connectivity index (χ1v) is 9.39. The number of carbonyl (C=O) groups is 2. The van der Waals surface area contributed by atoms with Crippen LogP contribution in [-0.4, -0.2) is 21.8 Å². The van der Waals surface area contributed by atoms with Crippen LogP contribution in [-0.2, 0) is 11.2 Å². The van der Waals surface area contributed by atoms with E-state index in [2.05, 4.69) is 20.6 Å². The molecule has 0 spiro atoms. The number of nitrogens with one attached hydrogen (secondary N) is 3. The third kappa shape index (κ3) is 4.35. The van der Waals surface area contributed by atoms with Crippen molar-refractivity contribution in [2.24, 2.45) is 0 Å². The molecule has 6 nitrogen and oxygen atoms in total. The smallest absolute Gasteiger partial charge is 0.255 e. The minimum atomic E-state index is -0.298. The molecular weight excluding hydrogens is 383 g/mol. The van der Waals surface area contributed by atoms with Gasteiger partial charge in [0.05, 0.1) is 11.0 Å². The van der Waals surface area contributed by atoms with E-state index in [9.17, 15) is 14.0 Å². The van der Waals surface area contributed by atoms with Gasteiger partial charge in [-0.2, -0.15) is 0 Å². The summed E-state index contributed by atoms with van der Waals surface area (Å²) in [7, 11) is 0. The summed E-state index contributed by atoms with van der Waals surface area (Å²) >= 11 is 0. The number of nitrogens with zero attached hydrogens (tertiary/aromatic N) is 1. The molecule has 0 saturated heterocycles. The van der Waals surface area contributed by atoms with Gasteiger partial charge in [0.25, 0.3) is 5.91 Å². The molecule has 30 heavy (non-hydrogen) atoms. The Morgan fingerprint density at radius 1 is 0.967 bits per heavy atom. The van der Waals surface area contributed by atoms with Gasteiger partial charge in [-0.25, -0.2) is 9.37 Å². The highest BCUT2D eigenvalue weighted by Crippen LogP contribution is 2.20. The van der Waals surface area contributed by atoms with E-state index in [0.717, 1.165) is 11.0 Å². The second kappa shape index (κ2) is 8.16. The Bertz CT molecular complexity index is 1250. The van der Waals surface area contributed by atoms with Crippen molar-refractivity contribution in [3.05, 3.63) is 89.5 Å². The number of aromatic amines is 1. The predicted octanol–water partition coefficient (Wildman–Crippen LogP) is 4.50. The molecule has 0 aliphatic rings. The van der Waals surface area contributed by atoms with Crippen LogP contribution in [0.5, 0.6) is 0 Å². The highest BCUT2D eigenvalue weighted by atomic mass is 19.1. The standard InChI is InChI=1S/C23H19FN4O2/c1-14(29)25-17-7-4-6-16(11-17)23(30)26-18-9-10-20-21(13-18)28-22(27-20)12-15-5-2-3-8-19(15)24/h2-11,13H,12H2,1H3,(H,25,29)(H,26,30)(H,27,28). The Morgan fingerprint density at radius 2 is 1.77 bits per heavy atom. The third-order valence-corrected chi connectivity index (χ3v) is 4.55. The van der Waals surface area contributed by atoms with E-state index in [0.29, 0.717) is 34.7 Å². The van der Waals surface area contributed by atoms with Gasteiger partial charge >= 0.3 is 0 Å². The maximum absolute atomic E-state index is 13.9. The fraction of sp³-hybridized carbons (Fsp3) is 0.0870. The molecule has 3 aromatic carbocycles. The monoisotopic (exact) mass is 402 g/mol. The zero-order valence-electron chi connectivity index (χ0n) is 16.2. The number of H-pyrrole nitrogens is 1. The fourth-order valence-corrected chi connectivity index (χ4v) is 3.19. The van der Waals surface area contributed by atoms with Crippen LogP contribution >= 0.6 is 0 Å². The lowest BCUT2D eigenvalue weighted by Gasteiger charge is -2.07. The molecule has 2 amide bonds. The Hall–Kier alpha value is -4.00. The summed E-state index contributed by atoms with van der Waals surface area (Å²) in [6.07, 6.45) is 0.346. The lowest BCUT2D eigenvalue weighted by molar-refractivity contribution is -0.114. The molecular formula is C23H19FN4O2. The SMILES string of the molecule is CC(=O)Nc1cccc(C(=O)Nc2ccc3nc(Cc4ccccc4F)[nH]c3c2)c1. The average Bonchev–Trinajstić information content (AvgIpc) is 3.11. The Labute approximate surface area is 172 Å². The van der Waals surface area contributed by atoms with Gasteiger partial charge in [-0.15, -0.1) is 0 Å². The Morgan fingerprint density at radius 3 is 2.57 bits per heavy atom. The zero-order chi connectivity index (χ0) is 21.1. The van der Waals surface area contributed by atoms with E-state index in [1.807, 2.05) is 0 Å². The Kier molecular flexibility index (Phi) is 5.26. The molecule has 0 fully saturated rings. The maximum Gasteiger partial charge on any atom is 0.255 e. The zero-order valence-corrected chi connectivity index (χ0v) is 16.2. The van der Waals surface area contributed by atoms with Crippen LogP contribution in [0, 0.1) is 5.82 Å². The van der Waals surface area contributed by atoms with E-state index in [4.69, 9.17) is 0 Å². The number of aromatic nitrogens is 2. The molecule has 150 valence electrons. The van der Waals surface area contributed by atoms with E-state index in [-0.39, 0.29) is 17.6 Å². The first-order valence-electron chi connectivity index (χ1n) is 9.39. The van der Waals surface area contributed by atoms with Crippen molar-refractivity contribution in [1.29, 1.82) is 0 Å². The molecule has 0 radical (unpaired) electrons. The quantitative estimate of drug-likeness (QED) is 0.459. The average molecular weight is 402 g/mol. The summed E-state index contributed by atoms with van der Waals surface area (Å²) in [6, 6.07) is 18.6. The number of benzene rings is 3. The van der Waals surface area contributed by atoms with Crippen molar-refractivity contribution in [3.63, 3.8) is 0 Å². The fourth-order valence-electron chi connectivity index (χ4n) is 3.19. The minimum Gasteiger partial charge on any atom is -0.342 e. The first-order chi connectivity index (χ1) is 14.5.